The van der Waals surface area contributed by atoms with Gasteiger partial charge in [0.15, 0.2) is 5.13 Å². The number of anilines is 3. The summed E-state index contributed by atoms with van der Waals surface area (Å²) in [6.45, 7) is 1.95. The molecule has 1 aromatic heterocycles. The molecule has 0 unspecified atom stereocenters. The Balaban J connectivity index is 1.63. The molecule has 0 bridgehead atoms. The van der Waals surface area contributed by atoms with Gasteiger partial charge in [0.2, 0.25) is 0 Å². The number of aromatic nitrogens is 1. The van der Waals surface area contributed by atoms with Crippen molar-refractivity contribution in [2.24, 2.45) is 5.73 Å². The lowest BCUT2D eigenvalue weighted by Gasteiger charge is -2.07. The number of amides is 4. The Kier molecular flexibility index (Phi) is 5.66. The molecule has 3 rings (SSSR count). The molecule has 2 aromatic carbocycles. The first-order valence-electron chi connectivity index (χ1n) is 8.23. The lowest BCUT2D eigenvalue weighted by Crippen LogP contribution is -2.20. The Hall–Kier alpha value is -3.72. The molecule has 0 aliphatic rings. The molecule has 1 heterocycles. The number of thiazole rings is 1. The maximum atomic E-state index is 12.4. The Bertz CT molecular complexity index is 1030. The van der Waals surface area contributed by atoms with Gasteiger partial charge in [0, 0.05) is 11.1 Å². The van der Waals surface area contributed by atoms with Crippen molar-refractivity contribution in [1.29, 1.82) is 0 Å². The van der Waals surface area contributed by atoms with E-state index in [4.69, 9.17) is 5.73 Å². The van der Waals surface area contributed by atoms with Crippen LogP contribution < -0.4 is 21.7 Å². The van der Waals surface area contributed by atoms with E-state index in [-0.39, 0.29) is 16.4 Å². The van der Waals surface area contributed by atoms with Crippen LogP contribution in [0.2, 0.25) is 0 Å². The minimum absolute atomic E-state index is 0.106. The van der Waals surface area contributed by atoms with E-state index in [1.165, 1.54) is 11.4 Å². The molecule has 142 valence electrons. The molecule has 0 aliphatic heterocycles. The first-order chi connectivity index (χ1) is 13.4. The van der Waals surface area contributed by atoms with Crippen molar-refractivity contribution >= 4 is 45.7 Å². The average Bonchev–Trinajstić information content (AvgIpc) is 3.12. The molecular formula is C19H17N5O3S. The Labute approximate surface area is 164 Å². The molecule has 9 heteroatoms. The highest BCUT2D eigenvalue weighted by Gasteiger charge is 2.15. The minimum Gasteiger partial charge on any atom is -0.366 e. The molecular weight excluding hydrogens is 378 g/mol. The van der Waals surface area contributed by atoms with Crippen LogP contribution in [0.25, 0.3) is 0 Å². The lowest BCUT2D eigenvalue weighted by atomic mass is 10.1. The van der Waals surface area contributed by atoms with Crippen LogP contribution in [0.15, 0.2) is 53.9 Å². The molecule has 0 radical (unpaired) electrons. The molecule has 0 atom stereocenters. The molecule has 3 aromatic rings. The van der Waals surface area contributed by atoms with E-state index < -0.39 is 17.8 Å². The van der Waals surface area contributed by atoms with Gasteiger partial charge in [-0.25, -0.2) is 9.78 Å². The van der Waals surface area contributed by atoms with Crippen molar-refractivity contribution in [2.75, 3.05) is 16.0 Å². The van der Waals surface area contributed by atoms with Gasteiger partial charge in [-0.15, -0.1) is 11.3 Å². The van der Waals surface area contributed by atoms with Gasteiger partial charge in [-0.3, -0.25) is 14.9 Å². The van der Waals surface area contributed by atoms with Gasteiger partial charge in [0.25, 0.3) is 11.8 Å². The Morgan fingerprint density at radius 2 is 1.68 bits per heavy atom. The molecule has 0 saturated carbocycles. The third kappa shape index (κ3) is 4.71. The van der Waals surface area contributed by atoms with E-state index in [0.717, 1.165) is 16.9 Å². The summed E-state index contributed by atoms with van der Waals surface area (Å²) in [7, 11) is 0. The standard InChI is InChI=1S/C19H17N5O3S/c1-11-6-8-12(9-7-11)21-18(27)24-19-23-15(10-28-19)17(26)22-14-5-3-2-4-13(14)16(20)25/h2-10H,1H3,(H2,20,25)(H,22,26)(H2,21,23,24,27). The van der Waals surface area contributed by atoms with Crippen molar-refractivity contribution in [3.05, 3.63) is 70.7 Å². The van der Waals surface area contributed by atoms with Gasteiger partial charge < -0.3 is 16.4 Å². The summed E-state index contributed by atoms with van der Waals surface area (Å²) >= 11 is 1.10. The topological polar surface area (TPSA) is 126 Å². The highest BCUT2D eigenvalue weighted by molar-refractivity contribution is 7.14. The summed E-state index contributed by atoms with van der Waals surface area (Å²) in [6.07, 6.45) is 0. The normalized spacial score (nSPS) is 10.2. The van der Waals surface area contributed by atoms with Gasteiger partial charge in [-0.05, 0) is 31.2 Å². The lowest BCUT2D eigenvalue weighted by molar-refractivity contribution is 0.100. The highest BCUT2D eigenvalue weighted by atomic mass is 32.1. The summed E-state index contributed by atoms with van der Waals surface area (Å²) in [5.41, 5.74) is 7.62. The number of aryl methyl sites for hydroxylation is 1. The molecule has 28 heavy (non-hydrogen) atoms. The second-order valence-electron chi connectivity index (χ2n) is 5.85. The third-order valence-electron chi connectivity index (χ3n) is 3.71. The Morgan fingerprint density at radius 1 is 0.964 bits per heavy atom. The predicted octanol–water partition coefficient (Wildman–Crippen LogP) is 3.45. The fraction of sp³-hybridized carbons (Fsp3) is 0.0526. The van der Waals surface area contributed by atoms with Crippen LogP contribution in [0.5, 0.6) is 0 Å². The summed E-state index contributed by atoms with van der Waals surface area (Å²) in [6, 6.07) is 13.3. The summed E-state index contributed by atoms with van der Waals surface area (Å²) in [5, 5.41) is 9.62. The number of urea groups is 1. The summed E-state index contributed by atoms with van der Waals surface area (Å²) in [4.78, 5) is 39.9. The van der Waals surface area contributed by atoms with Crippen LogP contribution in [0.3, 0.4) is 0 Å². The third-order valence-corrected chi connectivity index (χ3v) is 4.47. The number of primary amides is 1. The first kappa shape index (κ1) is 19.1. The minimum atomic E-state index is -0.649. The van der Waals surface area contributed by atoms with Gasteiger partial charge in [-0.1, -0.05) is 29.8 Å². The number of nitrogens with one attached hydrogen (secondary N) is 3. The van der Waals surface area contributed by atoms with Gasteiger partial charge in [-0.2, -0.15) is 0 Å². The van der Waals surface area contributed by atoms with Crippen molar-refractivity contribution in [1.82, 2.24) is 4.98 Å². The summed E-state index contributed by atoms with van der Waals surface area (Å²) < 4.78 is 0. The predicted molar refractivity (Wildman–Crippen MR) is 109 cm³/mol. The molecule has 0 spiro atoms. The number of nitrogens with zero attached hydrogens (tertiary/aromatic N) is 1. The maximum absolute atomic E-state index is 12.4. The number of rotatable bonds is 5. The number of hydrogen-bond donors (Lipinski definition) is 4. The zero-order valence-corrected chi connectivity index (χ0v) is 15.7. The average molecular weight is 395 g/mol. The van der Waals surface area contributed by atoms with E-state index in [1.54, 1.807) is 30.3 Å². The van der Waals surface area contributed by atoms with Crippen LogP contribution >= 0.6 is 11.3 Å². The number of nitrogens with two attached hydrogens (primary N) is 1. The number of carbonyl (C=O) groups excluding carboxylic acids is 3. The zero-order chi connectivity index (χ0) is 20.1. The smallest absolute Gasteiger partial charge is 0.325 e. The van der Waals surface area contributed by atoms with E-state index >= 15 is 0 Å². The van der Waals surface area contributed by atoms with Crippen molar-refractivity contribution in [3.63, 3.8) is 0 Å². The van der Waals surface area contributed by atoms with Crippen LogP contribution in [0.1, 0.15) is 26.4 Å². The molecule has 5 N–H and O–H groups in total. The van der Waals surface area contributed by atoms with Crippen LogP contribution in [0.4, 0.5) is 21.3 Å². The van der Waals surface area contributed by atoms with E-state index in [2.05, 4.69) is 20.9 Å². The van der Waals surface area contributed by atoms with Crippen molar-refractivity contribution in [3.8, 4) is 0 Å². The van der Waals surface area contributed by atoms with Gasteiger partial charge >= 0.3 is 6.03 Å². The Morgan fingerprint density at radius 3 is 2.39 bits per heavy atom. The monoisotopic (exact) mass is 395 g/mol. The molecule has 8 nitrogen and oxygen atoms in total. The van der Waals surface area contributed by atoms with E-state index in [9.17, 15) is 14.4 Å². The van der Waals surface area contributed by atoms with Crippen molar-refractivity contribution in [2.45, 2.75) is 6.92 Å². The molecule has 0 fully saturated rings. The molecule has 0 saturated heterocycles. The van der Waals surface area contributed by atoms with Crippen LogP contribution in [-0.2, 0) is 0 Å². The van der Waals surface area contributed by atoms with Gasteiger partial charge in [0.05, 0.1) is 11.3 Å². The highest BCUT2D eigenvalue weighted by Crippen LogP contribution is 2.19. The second-order valence-corrected chi connectivity index (χ2v) is 6.71. The quantitative estimate of drug-likeness (QED) is 0.528. The number of carbonyl (C=O) groups is 3. The fourth-order valence-electron chi connectivity index (χ4n) is 2.33. The zero-order valence-electron chi connectivity index (χ0n) is 14.9. The maximum Gasteiger partial charge on any atom is 0.325 e. The molecule has 0 aliphatic carbocycles. The van der Waals surface area contributed by atoms with Gasteiger partial charge in [0.1, 0.15) is 5.69 Å². The van der Waals surface area contributed by atoms with E-state index in [0.29, 0.717) is 11.4 Å². The second kappa shape index (κ2) is 8.31. The first-order valence-corrected chi connectivity index (χ1v) is 9.11. The van der Waals surface area contributed by atoms with Crippen LogP contribution in [0, 0.1) is 6.92 Å². The number of hydrogen-bond acceptors (Lipinski definition) is 5. The SMILES string of the molecule is Cc1ccc(NC(=O)Nc2nc(C(=O)Nc3ccccc3C(N)=O)cs2)cc1. The summed E-state index contributed by atoms with van der Waals surface area (Å²) in [5.74, 6) is -1.17. The van der Waals surface area contributed by atoms with E-state index in [1.807, 2.05) is 19.1 Å². The van der Waals surface area contributed by atoms with Crippen LogP contribution in [-0.4, -0.2) is 22.8 Å². The fourth-order valence-corrected chi connectivity index (χ4v) is 3.01. The number of benzene rings is 2. The largest absolute Gasteiger partial charge is 0.366 e. The molecule has 4 amide bonds. The van der Waals surface area contributed by atoms with Crippen molar-refractivity contribution < 1.29 is 14.4 Å². The number of para-hydroxylation sites is 1.